The molecule has 12 heavy (non-hydrogen) atoms. The van der Waals surface area contributed by atoms with Crippen LogP contribution < -0.4 is 0 Å². The van der Waals surface area contributed by atoms with Crippen LogP contribution >= 0.6 is 11.8 Å². The largest absolute Gasteiger partial charge is 0.359 e. The topological polar surface area (TPSA) is 9.72 Å². The second kappa shape index (κ2) is 3.62. The quantitative estimate of drug-likeness (QED) is 0.405. The zero-order chi connectivity index (χ0) is 9.46. The standard InChI is InChI=1S/C5H15B3ClN3/c1-6-10(4)7(2)12(9)8(3)11(6)5/h1-5H3. The average Bonchev–Trinajstić information content (AvgIpc) is 2.08. The lowest BCUT2D eigenvalue weighted by molar-refractivity contribution is 0.593. The van der Waals surface area contributed by atoms with Crippen molar-refractivity contribution in [3.8, 4) is 0 Å². The van der Waals surface area contributed by atoms with Gasteiger partial charge in [0.15, 0.2) is 0 Å². The summed E-state index contributed by atoms with van der Waals surface area (Å²) in [6.45, 7) is 7.47. The van der Waals surface area contributed by atoms with E-state index < -0.39 is 0 Å². The summed E-state index contributed by atoms with van der Waals surface area (Å²) in [7, 11) is 4.18. The maximum absolute atomic E-state index is 6.12. The van der Waals surface area contributed by atoms with Crippen molar-refractivity contribution in [1.82, 2.24) is 13.7 Å². The third-order valence-corrected chi connectivity index (χ3v) is 3.64. The first-order valence-corrected chi connectivity index (χ1v) is 4.68. The van der Waals surface area contributed by atoms with Gasteiger partial charge in [0, 0.05) is 0 Å². The highest BCUT2D eigenvalue weighted by Crippen LogP contribution is 2.17. The SMILES string of the molecule is CB1N(C)B(C)N(Cl)B(C)N1C. The van der Waals surface area contributed by atoms with Crippen LogP contribution in [0.25, 0.3) is 0 Å². The van der Waals surface area contributed by atoms with Crippen molar-refractivity contribution in [2.75, 3.05) is 14.1 Å². The fraction of sp³-hybridized carbons (Fsp3) is 1.00. The zero-order valence-corrected chi connectivity index (χ0v) is 9.21. The van der Waals surface area contributed by atoms with Crippen molar-refractivity contribution < 1.29 is 0 Å². The Morgan fingerprint density at radius 1 is 0.833 bits per heavy atom. The predicted octanol–water partition coefficient (Wildman–Crippen LogP) is 0.673. The Morgan fingerprint density at radius 3 is 1.50 bits per heavy atom. The first-order valence-electron chi connectivity index (χ1n) is 4.34. The molecule has 0 spiro atoms. The number of hydrogen-bond donors (Lipinski definition) is 0. The van der Waals surface area contributed by atoms with E-state index in [2.05, 4.69) is 44.0 Å². The van der Waals surface area contributed by atoms with Crippen LogP contribution in [0.4, 0.5) is 0 Å². The van der Waals surface area contributed by atoms with E-state index in [1.807, 2.05) is 4.24 Å². The molecule has 0 aliphatic carbocycles. The lowest BCUT2D eigenvalue weighted by Crippen LogP contribution is -2.70. The molecule has 0 amide bonds. The minimum atomic E-state index is 0.299. The first kappa shape index (κ1) is 10.4. The number of hydrogen-bond acceptors (Lipinski definition) is 3. The van der Waals surface area contributed by atoms with E-state index in [9.17, 15) is 0 Å². The highest BCUT2D eigenvalue weighted by atomic mass is 35.5. The van der Waals surface area contributed by atoms with Gasteiger partial charge < -0.3 is 9.44 Å². The van der Waals surface area contributed by atoms with Gasteiger partial charge in [-0.25, -0.2) is 0 Å². The van der Waals surface area contributed by atoms with E-state index in [1.54, 1.807) is 0 Å². The molecular formula is C5H15B3ClN3. The van der Waals surface area contributed by atoms with Crippen LogP contribution in [-0.4, -0.2) is 48.7 Å². The molecule has 0 atom stereocenters. The Hall–Kier alpha value is 0.365. The van der Waals surface area contributed by atoms with Gasteiger partial charge in [0.05, 0.1) is 0 Å². The second-order valence-electron chi connectivity index (χ2n) is 3.57. The van der Waals surface area contributed by atoms with Gasteiger partial charge in [-0.15, -0.1) is 0 Å². The Kier molecular flexibility index (Phi) is 3.15. The fourth-order valence-corrected chi connectivity index (χ4v) is 1.85. The van der Waals surface area contributed by atoms with Crippen LogP contribution in [0.5, 0.6) is 0 Å². The molecule has 66 valence electrons. The highest BCUT2D eigenvalue weighted by molar-refractivity contribution is 6.88. The molecule has 1 fully saturated rings. The molecule has 0 saturated carbocycles. The van der Waals surface area contributed by atoms with Crippen molar-refractivity contribution in [2.24, 2.45) is 0 Å². The Bertz CT molecular complexity index is 113. The molecule has 0 aromatic rings. The molecule has 0 N–H and O–H groups in total. The van der Waals surface area contributed by atoms with Gasteiger partial charge in [0.1, 0.15) is 0 Å². The van der Waals surface area contributed by atoms with E-state index in [1.165, 1.54) is 0 Å². The van der Waals surface area contributed by atoms with Crippen LogP contribution in [0.3, 0.4) is 0 Å². The first-order chi connectivity index (χ1) is 5.46. The van der Waals surface area contributed by atoms with Crippen molar-refractivity contribution in [3.63, 3.8) is 0 Å². The minimum Gasteiger partial charge on any atom is -0.359 e. The highest BCUT2D eigenvalue weighted by Gasteiger charge is 2.42. The van der Waals surface area contributed by atoms with Gasteiger partial charge in [0.25, 0.3) is 6.98 Å². The van der Waals surface area contributed by atoms with Crippen LogP contribution in [0.1, 0.15) is 0 Å². The van der Waals surface area contributed by atoms with Crippen molar-refractivity contribution in [2.45, 2.75) is 20.5 Å². The summed E-state index contributed by atoms with van der Waals surface area (Å²) in [5.74, 6) is 0. The van der Waals surface area contributed by atoms with Gasteiger partial charge >= 0.3 is 14.0 Å². The maximum atomic E-state index is 6.12. The van der Waals surface area contributed by atoms with Crippen LogP contribution in [0.15, 0.2) is 0 Å². The van der Waals surface area contributed by atoms with Gasteiger partial charge in [0.2, 0.25) is 0 Å². The summed E-state index contributed by atoms with van der Waals surface area (Å²) in [6.07, 6.45) is 0. The molecule has 1 heterocycles. The molecule has 3 nitrogen and oxygen atoms in total. The Labute approximate surface area is 81.5 Å². The molecule has 1 aliphatic heterocycles. The van der Waals surface area contributed by atoms with Crippen LogP contribution in [0.2, 0.25) is 20.5 Å². The lowest BCUT2D eigenvalue weighted by atomic mass is 9.48. The molecular weight excluding hydrogens is 170 g/mol. The molecule has 7 heteroatoms. The zero-order valence-electron chi connectivity index (χ0n) is 8.45. The molecule has 0 bridgehead atoms. The summed E-state index contributed by atoms with van der Waals surface area (Å²) in [6, 6.07) is 0. The normalized spacial score (nSPS) is 24.0. The number of rotatable bonds is 0. The van der Waals surface area contributed by atoms with Gasteiger partial charge in [-0.3, -0.25) is 4.24 Å². The van der Waals surface area contributed by atoms with Gasteiger partial charge in [-0.05, 0) is 25.9 Å². The number of halogens is 1. The third-order valence-electron chi connectivity index (χ3n) is 3.07. The van der Waals surface area contributed by atoms with Gasteiger partial charge in [-0.2, -0.15) is 0 Å². The van der Waals surface area contributed by atoms with E-state index in [0.717, 1.165) is 0 Å². The molecule has 0 aromatic heterocycles. The fourth-order valence-electron chi connectivity index (χ4n) is 1.57. The lowest BCUT2D eigenvalue weighted by Gasteiger charge is -2.46. The summed E-state index contributed by atoms with van der Waals surface area (Å²) in [5.41, 5.74) is 0. The predicted molar refractivity (Wildman–Crippen MR) is 58.1 cm³/mol. The summed E-state index contributed by atoms with van der Waals surface area (Å²) >= 11 is 6.12. The average molecular weight is 185 g/mol. The molecule has 0 unspecified atom stereocenters. The molecule has 1 saturated heterocycles. The summed E-state index contributed by atoms with van der Waals surface area (Å²) in [4.78, 5) is 0. The van der Waals surface area contributed by atoms with Gasteiger partial charge in [-0.1, -0.05) is 20.5 Å². The van der Waals surface area contributed by atoms with E-state index in [0.29, 0.717) is 20.9 Å². The third kappa shape index (κ3) is 1.53. The molecule has 1 rings (SSSR count). The van der Waals surface area contributed by atoms with Crippen molar-refractivity contribution in [1.29, 1.82) is 0 Å². The van der Waals surface area contributed by atoms with Crippen molar-refractivity contribution in [3.05, 3.63) is 0 Å². The molecule has 0 radical (unpaired) electrons. The smallest absolute Gasteiger partial charge is 0.301 e. The second-order valence-corrected chi connectivity index (χ2v) is 3.96. The Morgan fingerprint density at radius 2 is 1.17 bits per heavy atom. The van der Waals surface area contributed by atoms with E-state index in [4.69, 9.17) is 11.8 Å². The minimum absolute atomic E-state index is 0.299. The number of nitrogens with zero attached hydrogens (tertiary/aromatic N) is 3. The molecule has 0 aromatic carbocycles. The summed E-state index contributed by atoms with van der Waals surface area (Å²) < 4.78 is 6.33. The maximum Gasteiger partial charge on any atom is 0.301 e. The monoisotopic (exact) mass is 185 g/mol. The molecule has 1 aliphatic rings. The van der Waals surface area contributed by atoms with Crippen molar-refractivity contribution >= 4 is 32.7 Å². The van der Waals surface area contributed by atoms with Crippen LogP contribution in [0, 0.1) is 0 Å². The Balaban J connectivity index is 2.76. The van der Waals surface area contributed by atoms with E-state index in [-0.39, 0.29) is 0 Å². The summed E-state index contributed by atoms with van der Waals surface area (Å²) in [5, 5.41) is 0. The van der Waals surface area contributed by atoms with E-state index >= 15 is 0 Å². The van der Waals surface area contributed by atoms with Crippen LogP contribution in [-0.2, 0) is 0 Å².